The summed E-state index contributed by atoms with van der Waals surface area (Å²) >= 11 is 0. The third kappa shape index (κ3) is 4.74. The summed E-state index contributed by atoms with van der Waals surface area (Å²) in [5.74, 6) is 2.46. The fraction of sp³-hybridized carbons (Fsp3) is 0.360. The second-order valence-electron chi connectivity index (χ2n) is 8.10. The summed E-state index contributed by atoms with van der Waals surface area (Å²) in [6.45, 7) is 3.32. The van der Waals surface area contributed by atoms with Crippen molar-refractivity contribution in [3.05, 3.63) is 54.1 Å². The van der Waals surface area contributed by atoms with Gasteiger partial charge in [-0.3, -0.25) is 9.59 Å². The zero-order valence-corrected chi connectivity index (χ0v) is 18.3. The van der Waals surface area contributed by atoms with Crippen LogP contribution < -0.4 is 18.9 Å². The van der Waals surface area contributed by atoms with Crippen LogP contribution in [0.2, 0.25) is 0 Å². The van der Waals surface area contributed by atoms with Gasteiger partial charge in [-0.1, -0.05) is 18.2 Å². The molecule has 3 aliphatic heterocycles. The zero-order valence-electron chi connectivity index (χ0n) is 18.3. The van der Waals surface area contributed by atoms with Crippen LogP contribution in [-0.2, 0) is 9.59 Å². The van der Waals surface area contributed by atoms with Crippen molar-refractivity contribution in [2.45, 2.75) is 12.5 Å². The Balaban J connectivity index is 1.14. The second-order valence-corrected chi connectivity index (χ2v) is 8.10. The molecule has 1 atom stereocenters. The molecule has 172 valence electrons. The maximum absolute atomic E-state index is 12.9. The van der Waals surface area contributed by atoms with Gasteiger partial charge in [-0.05, 0) is 35.9 Å². The van der Waals surface area contributed by atoms with E-state index >= 15 is 0 Å². The monoisotopic (exact) mass is 450 g/mol. The number of fused-ring (bicyclic) bond motifs is 2. The second kappa shape index (κ2) is 9.44. The normalized spacial score (nSPS) is 19.8. The van der Waals surface area contributed by atoms with E-state index in [4.69, 9.17) is 18.9 Å². The van der Waals surface area contributed by atoms with Crippen molar-refractivity contribution in [3.63, 3.8) is 0 Å². The van der Waals surface area contributed by atoms with Gasteiger partial charge in [0.15, 0.2) is 23.0 Å². The van der Waals surface area contributed by atoms with Gasteiger partial charge >= 0.3 is 0 Å². The minimum Gasteiger partial charge on any atom is -0.490 e. The van der Waals surface area contributed by atoms with Gasteiger partial charge in [0.25, 0.3) is 5.91 Å². The van der Waals surface area contributed by atoms with E-state index in [1.165, 1.54) is 0 Å². The van der Waals surface area contributed by atoms with Crippen LogP contribution >= 0.6 is 0 Å². The zero-order chi connectivity index (χ0) is 22.6. The summed E-state index contributed by atoms with van der Waals surface area (Å²) in [6, 6.07) is 13.0. The highest BCUT2D eigenvalue weighted by Crippen LogP contribution is 2.32. The molecule has 33 heavy (non-hydrogen) atoms. The molecule has 2 aromatic carbocycles. The largest absolute Gasteiger partial charge is 0.490 e. The van der Waals surface area contributed by atoms with Crippen LogP contribution in [0.25, 0.3) is 6.08 Å². The number of amides is 2. The molecule has 1 unspecified atom stereocenters. The number of hydrogen-bond donors (Lipinski definition) is 0. The number of benzene rings is 2. The van der Waals surface area contributed by atoms with Crippen LogP contribution in [0.5, 0.6) is 23.0 Å². The lowest BCUT2D eigenvalue weighted by molar-refractivity contribution is -0.145. The predicted molar refractivity (Wildman–Crippen MR) is 121 cm³/mol. The van der Waals surface area contributed by atoms with Crippen molar-refractivity contribution < 1.29 is 28.5 Å². The summed E-state index contributed by atoms with van der Waals surface area (Å²) < 4.78 is 22.8. The van der Waals surface area contributed by atoms with E-state index in [2.05, 4.69) is 0 Å². The molecule has 0 N–H and O–H groups in total. The van der Waals surface area contributed by atoms with Crippen LogP contribution in [0.3, 0.4) is 0 Å². The van der Waals surface area contributed by atoms with Crippen molar-refractivity contribution in [2.24, 2.45) is 0 Å². The smallest absolute Gasteiger partial charge is 0.267 e. The Bertz CT molecular complexity index is 1060. The molecule has 0 bridgehead atoms. The van der Waals surface area contributed by atoms with Gasteiger partial charge in [0, 0.05) is 38.7 Å². The Labute approximate surface area is 192 Å². The molecule has 3 heterocycles. The van der Waals surface area contributed by atoms with Crippen LogP contribution in [0.4, 0.5) is 0 Å². The quantitative estimate of drug-likeness (QED) is 0.669. The molecule has 0 aromatic heterocycles. The van der Waals surface area contributed by atoms with Crippen molar-refractivity contribution in [2.75, 3.05) is 46.0 Å². The first-order valence-corrected chi connectivity index (χ1v) is 11.2. The van der Waals surface area contributed by atoms with Crippen LogP contribution in [-0.4, -0.2) is 73.7 Å². The first kappa shape index (κ1) is 21.2. The van der Waals surface area contributed by atoms with Crippen LogP contribution in [0.1, 0.15) is 12.0 Å². The molecule has 0 aliphatic carbocycles. The summed E-state index contributed by atoms with van der Waals surface area (Å²) in [7, 11) is 0. The Morgan fingerprint density at radius 1 is 0.818 bits per heavy atom. The molecule has 0 spiro atoms. The van der Waals surface area contributed by atoms with E-state index in [9.17, 15) is 9.59 Å². The first-order valence-electron chi connectivity index (χ1n) is 11.2. The van der Waals surface area contributed by atoms with Crippen molar-refractivity contribution >= 4 is 17.9 Å². The van der Waals surface area contributed by atoms with E-state index < -0.39 is 6.10 Å². The van der Waals surface area contributed by atoms with Crippen LogP contribution in [0, 0.1) is 0 Å². The van der Waals surface area contributed by atoms with E-state index in [0.717, 1.165) is 17.7 Å². The minimum atomic E-state index is -0.665. The maximum Gasteiger partial charge on any atom is 0.267 e. The number of rotatable bonds is 3. The molecule has 8 nitrogen and oxygen atoms in total. The van der Waals surface area contributed by atoms with Gasteiger partial charge in [0.1, 0.15) is 6.61 Å². The lowest BCUT2D eigenvalue weighted by Gasteiger charge is -2.36. The van der Waals surface area contributed by atoms with E-state index in [-0.39, 0.29) is 18.4 Å². The minimum absolute atomic E-state index is 0.0830. The molecule has 5 rings (SSSR count). The number of piperazine rings is 1. The highest BCUT2D eigenvalue weighted by molar-refractivity contribution is 5.92. The fourth-order valence-electron chi connectivity index (χ4n) is 4.05. The number of para-hydroxylation sites is 2. The first-order chi connectivity index (χ1) is 16.2. The highest BCUT2D eigenvalue weighted by atomic mass is 16.6. The topological polar surface area (TPSA) is 77.5 Å². The number of carbonyl (C=O) groups excluding carboxylic acids is 2. The van der Waals surface area contributed by atoms with Gasteiger partial charge in [0.2, 0.25) is 12.0 Å². The Hall–Kier alpha value is -3.68. The van der Waals surface area contributed by atoms with Gasteiger partial charge in [-0.2, -0.15) is 0 Å². The average Bonchev–Trinajstić information content (AvgIpc) is 3.11. The van der Waals surface area contributed by atoms with Crippen molar-refractivity contribution in [1.29, 1.82) is 0 Å². The average molecular weight is 450 g/mol. The summed E-state index contributed by atoms with van der Waals surface area (Å²) in [5.41, 5.74) is 0.871. The molecule has 8 heteroatoms. The Kier molecular flexibility index (Phi) is 6.06. The molecular weight excluding hydrogens is 424 g/mol. The van der Waals surface area contributed by atoms with E-state index in [1.807, 2.05) is 36.4 Å². The van der Waals surface area contributed by atoms with Crippen LogP contribution in [0.15, 0.2) is 48.5 Å². The number of nitrogens with zero attached hydrogens (tertiary/aromatic N) is 2. The fourth-order valence-corrected chi connectivity index (χ4v) is 4.05. The maximum atomic E-state index is 12.9. The number of carbonyl (C=O) groups is 2. The van der Waals surface area contributed by atoms with E-state index in [1.54, 1.807) is 28.0 Å². The van der Waals surface area contributed by atoms with E-state index in [0.29, 0.717) is 56.6 Å². The van der Waals surface area contributed by atoms with Gasteiger partial charge in [0.05, 0.1) is 13.2 Å². The van der Waals surface area contributed by atoms with Crippen molar-refractivity contribution in [3.8, 4) is 23.0 Å². The molecule has 3 aliphatic rings. The van der Waals surface area contributed by atoms with Gasteiger partial charge < -0.3 is 28.7 Å². The molecule has 1 fully saturated rings. The molecule has 1 saturated heterocycles. The standard InChI is InChI=1S/C25H26N2O6/c28-24(9-7-18-6-8-20-22(16-18)31-15-3-14-30-20)26-10-12-27(13-11-26)25(29)23-17-32-19-4-1-2-5-21(19)33-23/h1-2,4-9,16,23H,3,10-15,17H2. The van der Waals surface area contributed by atoms with Gasteiger partial charge in [-0.25, -0.2) is 0 Å². The van der Waals surface area contributed by atoms with Crippen molar-refractivity contribution in [1.82, 2.24) is 9.80 Å². The Morgan fingerprint density at radius 3 is 2.33 bits per heavy atom. The molecule has 2 aromatic rings. The Morgan fingerprint density at radius 2 is 1.52 bits per heavy atom. The SMILES string of the molecule is O=C(C=Cc1ccc2c(c1)OCCCO2)N1CCN(C(=O)C2COc3ccccc3O2)CC1. The summed E-state index contributed by atoms with van der Waals surface area (Å²) in [5, 5.41) is 0. The third-order valence-corrected chi connectivity index (χ3v) is 5.88. The number of ether oxygens (including phenoxy) is 4. The third-order valence-electron chi connectivity index (χ3n) is 5.88. The molecule has 2 amide bonds. The lowest BCUT2D eigenvalue weighted by atomic mass is 10.1. The summed E-state index contributed by atoms with van der Waals surface area (Å²) in [6.07, 6.45) is 3.52. The summed E-state index contributed by atoms with van der Waals surface area (Å²) in [4.78, 5) is 29.0. The molecule has 0 saturated carbocycles. The van der Waals surface area contributed by atoms with Gasteiger partial charge in [-0.15, -0.1) is 0 Å². The molecule has 0 radical (unpaired) electrons. The highest BCUT2D eigenvalue weighted by Gasteiger charge is 2.33. The number of hydrogen-bond acceptors (Lipinski definition) is 6. The molecular formula is C25H26N2O6. The lowest BCUT2D eigenvalue weighted by Crippen LogP contribution is -2.54. The predicted octanol–water partition coefficient (Wildman–Crippen LogP) is 2.37.